The predicted molar refractivity (Wildman–Crippen MR) is 46.2 cm³/mol. The Hall–Kier alpha value is -1.20. The normalized spacial score (nSPS) is 23.2. The van der Waals surface area contributed by atoms with E-state index < -0.39 is 6.23 Å². The summed E-state index contributed by atoms with van der Waals surface area (Å²) in [6.45, 7) is 1.60. The van der Waals surface area contributed by atoms with Gasteiger partial charge in [0.1, 0.15) is 0 Å². The highest BCUT2D eigenvalue weighted by Gasteiger charge is 2.21. The highest BCUT2D eigenvalue weighted by molar-refractivity contribution is 5.37. The molecule has 1 fully saturated rings. The lowest BCUT2D eigenvalue weighted by atomic mass is 10.3. The fourth-order valence-electron chi connectivity index (χ4n) is 1.30. The first kappa shape index (κ1) is 8.40. The quantitative estimate of drug-likeness (QED) is 0.640. The van der Waals surface area contributed by atoms with Gasteiger partial charge in [-0.3, -0.25) is 0 Å². The van der Waals surface area contributed by atoms with E-state index in [1.54, 1.807) is 17.2 Å². The number of hydrogen-bond acceptors (Lipinski definition) is 5. The van der Waals surface area contributed by atoms with E-state index in [-0.39, 0.29) is 0 Å². The Kier molecular flexibility index (Phi) is 2.37. The number of aliphatic hydroxyl groups excluding tert-OH is 1. The van der Waals surface area contributed by atoms with Gasteiger partial charge in [-0.15, -0.1) is 5.10 Å². The van der Waals surface area contributed by atoms with Crippen molar-refractivity contribution < 1.29 is 9.84 Å². The molecule has 5 nitrogen and oxygen atoms in total. The molecule has 2 rings (SSSR count). The Bertz CT molecular complexity index is 267. The lowest BCUT2D eigenvalue weighted by Crippen LogP contribution is -2.45. The molecule has 0 spiro atoms. The van der Waals surface area contributed by atoms with Gasteiger partial charge in [0.2, 0.25) is 0 Å². The van der Waals surface area contributed by atoms with Gasteiger partial charge in [-0.2, -0.15) is 5.10 Å². The molecule has 1 aromatic rings. The van der Waals surface area contributed by atoms with Crippen molar-refractivity contribution in [1.82, 2.24) is 10.2 Å². The lowest BCUT2D eigenvalue weighted by molar-refractivity contribution is 0.00575. The van der Waals surface area contributed by atoms with Crippen LogP contribution in [-0.4, -0.2) is 41.3 Å². The van der Waals surface area contributed by atoms with Gasteiger partial charge in [-0.1, -0.05) is 0 Å². The molecule has 5 heteroatoms. The number of rotatable bonds is 1. The fraction of sp³-hybridized carbons (Fsp3) is 0.500. The monoisotopic (exact) mass is 181 g/mol. The predicted octanol–water partition coefficient (Wildman–Crippen LogP) is -0.368. The maximum atomic E-state index is 9.56. The summed E-state index contributed by atoms with van der Waals surface area (Å²) in [5.74, 6) is 0.693. The van der Waals surface area contributed by atoms with Gasteiger partial charge >= 0.3 is 0 Å². The molecule has 70 valence electrons. The summed E-state index contributed by atoms with van der Waals surface area (Å²) >= 11 is 0. The van der Waals surface area contributed by atoms with Gasteiger partial charge in [-0.25, -0.2) is 0 Å². The van der Waals surface area contributed by atoms with Crippen LogP contribution < -0.4 is 4.90 Å². The van der Waals surface area contributed by atoms with Gasteiger partial charge in [0.25, 0.3) is 0 Å². The number of morpholine rings is 1. The SMILES string of the molecule is OC1COCCN1c1cccnn1. The van der Waals surface area contributed by atoms with E-state index >= 15 is 0 Å². The molecule has 13 heavy (non-hydrogen) atoms. The molecule has 1 aromatic heterocycles. The second-order valence-corrected chi connectivity index (χ2v) is 2.83. The first-order valence-electron chi connectivity index (χ1n) is 4.18. The average molecular weight is 181 g/mol. The summed E-state index contributed by atoms with van der Waals surface area (Å²) in [6, 6.07) is 3.62. The summed E-state index contributed by atoms with van der Waals surface area (Å²) in [7, 11) is 0. The van der Waals surface area contributed by atoms with Gasteiger partial charge in [-0.05, 0) is 12.1 Å². The van der Waals surface area contributed by atoms with Crippen molar-refractivity contribution in [3.8, 4) is 0 Å². The molecular formula is C8H11N3O2. The molecule has 0 amide bonds. The zero-order valence-electron chi connectivity index (χ0n) is 7.13. The average Bonchev–Trinajstić information content (AvgIpc) is 2.20. The third-order valence-electron chi connectivity index (χ3n) is 1.96. The van der Waals surface area contributed by atoms with Crippen LogP contribution in [-0.2, 0) is 4.74 Å². The van der Waals surface area contributed by atoms with E-state index in [0.29, 0.717) is 25.6 Å². The third kappa shape index (κ3) is 1.76. The first-order valence-corrected chi connectivity index (χ1v) is 4.18. The molecule has 1 N–H and O–H groups in total. The minimum absolute atomic E-state index is 0.330. The maximum absolute atomic E-state index is 9.56. The zero-order chi connectivity index (χ0) is 9.10. The van der Waals surface area contributed by atoms with Crippen LogP contribution >= 0.6 is 0 Å². The molecule has 1 aliphatic heterocycles. The van der Waals surface area contributed by atoms with Crippen LogP contribution in [0.1, 0.15) is 0 Å². The molecule has 1 atom stereocenters. The molecular weight excluding hydrogens is 170 g/mol. The van der Waals surface area contributed by atoms with E-state index in [2.05, 4.69) is 10.2 Å². The molecule has 0 bridgehead atoms. The molecule has 0 aromatic carbocycles. The van der Waals surface area contributed by atoms with Crippen molar-refractivity contribution >= 4 is 5.82 Å². The first-order chi connectivity index (χ1) is 6.38. The van der Waals surface area contributed by atoms with Crippen LogP contribution in [0.3, 0.4) is 0 Å². The van der Waals surface area contributed by atoms with Gasteiger partial charge < -0.3 is 14.7 Å². The van der Waals surface area contributed by atoms with Crippen molar-refractivity contribution in [2.75, 3.05) is 24.7 Å². The molecule has 0 aliphatic carbocycles. The van der Waals surface area contributed by atoms with Crippen molar-refractivity contribution in [2.24, 2.45) is 0 Å². The Morgan fingerprint density at radius 3 is 3.23 bits per heavy atom. The number of aromatic nitrogens is 2. The Morgan fingerprint density at radius 1 is 1.62 bits per heavy atom. The second-order valence-electron chi connectivity index (χ2n) is 2.83. The van der Waals surface area contributed by atoms with Crippen molar-refractivity contribution in [2.45, 2.75) is 6.23 Å². The number of aliphatic hydroxyl groups is 1. The standard InChI is InChI=1S/C8H11N3O2/c12-8-6-13-5-4-11(8)7-2-1-3-9-10-7/h1-3,8,12H,4-6H2. The lowest BCUT2D eigenvalue weighted by Gasteiger charge is -2.32. The van der Waals surface area contributed by atoms with Crippen LogP contribution in [0.5, 0.6) is 0 Å². The maximum Gasteiger partial charge on any atom is 0.153 e. The van der Waals surface area contributed by atoms with Crippen molar-refractivity contribution in [3.05, 3.63) is 18.3 Å². The van der Waals surface area contributed by atoms with E-state index in [0.717, 1.165) is 0 Å². The van der Waals surface area contributed by atoms with Crippen LogP contribution in [0.15, 0.2) is 18.3 Å². The zero-order valence-corrected chi connectivity index (χ0v) is 7.13. The largest absolute Gasteiger partial charge is 0.375 e. The molecule has 1 saturated heterocycles. The molecule has 2 heterocycles. The van der Waals surface area contributed by atoms with E-state index in [1.807, 2.05) is 6.07 Å². The summed E-state index contributed by atoms with van der Waals surface area (Å²) in [4.78, 5) is 1.77. The highest BCUT2D eigenvalue weighted by atomic mass is 16.5. The number of nitrogens with zero attached hydrogens (tertiary/aromatic N) is 3. The molecule has 0 radical (unpaired) electrons. The third-order valence-corrected chi connectivity index (χ3v) is 1.96. The van der Waals surface area contributed by atoms with E-state index in [4.69, 9.17) is 4.74 Å². The van der Waals surface area contributed by atoms with Gasteiger partial charge in [0, 0.05) is 12.7 Å². The van der Waals surface area contributed by atoms with Crippen LogP contribution in [0, 0.1) is 0 Å². The molecule has 1 aliphatic rings. The van der Waals surface area contributed by atoms with Crippen LogP contribution in [0.4, 0.5) is 5.82 Å². The fourth-order valence-corrected chi connectivity index (χ4v) is 1.30. The van der Waals surface area contributed by atoms with Gasteiger partial charge in [0.15, 0.2) is 12.0 Å². The van der Waals surface area contributed by atoms with Gasteiger partial charge in [0.05, 0.1) is 13.2 Å². The van der Waals surface area contributed by atoms with Crippen LogP contribution in [0.2, 0.25) is 0 Å². The minimum atomic E-state index is -0.606. The Morgan fingerprint density at radius 2 is 2.54 bits per heavy atom. The van der Waals surface area contributed by atoms with E-state index in [9.17, 15) is 5.11 Å². The summed E-state index contributed by atoms with van der Waals surface area (Å²) in [5, 5.41) is 17.2. The molecule has 1 unspecified atom stereocenters. The highest BCUT2D eigenvalue weighted by Crippen LogP contribution is 2.13. The minimum Gasteiger partial charge on any atom is -0.375 e. The van der Waals surface area contributed by atoms with Crippen LogP contribution in [0.25, 0.3) is 0 Å². The number of ether oxygens (including phenoxy) is 1. The Balaban J connectivity index is 2.15. The van der Waals surface area contributed by atoms with E-state index in [1.165, 1.54) is 0 Å². The molecule has 0 saturated carbocycles. The second kappa shape index (κ2) is 3.68. The summed E-state index contributed by atoms with van der Waals surface area (Å²) in [5.41, 5.74) is 0. The number of anilines is 1. The smallest absolute Gasteiger partial charge is 0.153 e. The van der Waals surface area contributed by atoms with Crippen molar-refractivity contribution in [3.63, 3.8) is 0 Å². The summed E-state index contributed by atoms with van der Waals surface area (Å²) in [6.07, 6.45) is 1.00. The summed E-state index contributed by atoms with van der Waals surface area (Å²) < 4.78 is 5.09. The number of hydrogen-bond donors (Lipinski definition) is 1. The topological polar surface area (TPSA) is 58.5 Å². The van der Waals surface area contributed by atoms with Crippen molar-refractivity contribution in [1.29, 1.82) is 0 Å². The Labute approximate surface area is 76.0 Å².